The van der Waals surface area contributed by atoms with Gasteiger partial charge in [-0.2, -0.15) is 0 Å². The summed E-state index contributed by atoms with van der Waals surface area (Å²) in [5, 5.41) is 13.3. The van der Waals surface area contributed by atoms with E-state index in [1.54, 1.807) is 13.8 Å². The first-order valence-electron chi connectivity index (χ1n) is 6.57. The number of hydrogen-bond acceptors (Lipinski definition) is 3. The Hall–Kier alpha value is -1.22. The van der Waals surface area contributed by atoms with Crippen molar-refractivity contribution >= 4 is 5.69 Å². The van der Waals surface area contributed by atoms with E-state index in [0.29, 0.717) is 6.61 Å². The van der Waals surface area contributed by atoms with E-state index in [1.807, 2.05) is 32.0 Å². The van der Waals surface area contributed by atoms with Crippen LogP contribution in [-0.2, 0) is 0 Å². The topological polar surface area (TPSA) is 41.5 Å². The number of ether oxygens (including phenoxy) is 1. The Labute approximate surface area is 110 Å². The summed E-state index contributed by atoms with van der Waals surface area (Å²) in [7, 11) is 0. The van der Waals surface area contributed by atoms with Gasteiger partial charge in [0.2, 0.25) is 0 Å². The highest BCUT2D eigenvalue weighted by atomic mass is 16.5. The lowest BCUT2D eigenvalue weighted by atomic mass is 10.0. The maximum absolute atomic E-state index is 9.97. The predicted molar refractivity (Wildman–Crippen MR) is 76.3 cm³/mol. The average molecular weight is 251 g/mol. The van der Waals surface area contributed by atoms with Gasteiger partial charge in [-0.1, -0.05) is 13.0 Å². The molecular weight excluding hydrogens is 226 g/mol. The van der Waals surface area contributed by atoms with Crippen LogP contribution in [0.2, 0.25) is 0 Å². The number of nitrogens with one attached hydrogen (secondary N) is 1. The van der Waals surface area contributed by atoms with E-state index in [2.05, 4.69) is 12.2 Å². The molecule has 0 spiro atoms. The van der Waals surface area contributed by atoms with Crippen LogP contribution in [-0.4, -0.2) is 23.4 Å². The molecule has 1 unspecified atom stereocenters. The van der Waals surface area contributed by atoms with Crippen LogP contribution in [0.15, 0.2) is 18.2 Å². The Morgan fingerprint density at radius 1 is 1.39 bits per heavy atom. The van der Waals surface area contributed by atoms with E-state index >= 15 is 0 Å². The van der Waals surface area contributed by atoms with Crippen molar-refractivity contribution in [1.82, 2.24) is 0 Å². The predicted octanol–water partition coefficient (Wildman–Crippen LogP) is 3.36. The molecule has 0 aliphatic carbocycles. The maximum Gasteiger partial charge on any atom is 0.142 e. The minimum atomic E-state index is -0.771. The summed E-state index contributed by atoms with van der Waals surface area (Å²) in [6, 6.07) is 6.01. The number of rotatable bonds is 6. The van der Waals surface area contributed by atoms with Crippen LogP contribution < -0.4 is 10.1 Å². The molecule has 1 aromatic carbocycles. The Kier molecular flexibility index (Phi) is 5.03. The molecule has 1 atom stereocenters. The number of aliphatic hydroxyl groups is 1. The van der Waals surface area contributed by atoms with Crippen molar-refractivity contribution in [2.24, 2.45) is 0 Å². The molecular formula is C15H25NO2. The molecule has 102 valence electrons. The number of hydrogen-bond donors (Lipinski definition) is 2. The fourth-order valence-corrected chi connectivity index (χ4v) is 1.49. The molecule has 1 aromatic rings. The summed E-state index contributed by atoms with van der Waals surface area (Å²) in [5.41, 5.74) is 1.33. The minimum Gasteiger partial charge on any atom is -0.491 e. The van der Waals surface area contributed by atoms with Crippen molar-refractivity contribution in [3.8, 4) is 5.75 Å². The Morgan fingerprint density at radius 2 is 2.06 bits per heavy atom. The second-order valence-electron chi connectivity index (χ2n) is 5.37. The molecule has 0 aliphatic heterocycles. The normalized spacial score (nSPS) is 13.2. The van der Waals surface area contributed by atoms with Gasteiger partial charge in [0.1, 0.15) is 5.75 Å². The first kappa shape index (κ1) is 14.8. The maximum atomic E-state index is 9.97. The summed E-state index contributed by atoms with van der Waals surface area (Å²) >= 11 is 0. The Balaban J connectivity index is 2.87. The smallest absolute Gasteiger partial charge is 0.142 e. The molecule has 18 heavy (non-hydrogen) atoms. The van der Waals surface area contributed by atoms with E-state index in [0.717, 1.165) is 17.9 Å². The van der Waals surface area contributed by atoms with Crippen molar-refractivity contribution in [3.63, 3.8) is 0 Å². The molecule has 0 bridgehead atoms. The zero-order valence-corrected chi connectivity index (χ0v) is 12.1. The van der Waals surface area contributed by atoms with Crippen molar-refractivity contribution in [3.05, 3.63) is 23.8 Å². The molecule has 3 heteroatoms. The second kappa shape index (κ2) is 6.10. The van der Waals surface area contributed by atoms with Crippen LogP contribution in [0.3, 0.4) is 0 Å². The lowest BCUT2D eigenvalue weighted by Gasteiger charge is -2.28. The minimum absolute atomic E-state index is 0.0517. The molecule has 0 saturated heterocycles. The van der Waals surface area contributed by atoms with Crippen LogP contribution in [0.4, 0.5) is 5.69 Å². The molecule has 0 fully saturated rings. The highest BCUT2D eigenvalue weighted by Crippen LogP contribution is 2.28. The van der Waals surface area contributed by atoms with Gasteiger partial charge in [-0.3, -0.25) is 0 Å². The SMILES string of the molecule is CCCOc1cc(C)ccc1NC(C)C(C)(C)O. The van der Waals surface area contributed by atoms with E-state index in [9.17, 15) is 5.11 Å². The molecule has 0 aromatic heterocycles. The third kappa shape index (κ3) is 4.22. The van der Waals surface area contributed by atoms with Gasteiger partial charge in [-0.25, -0.2) is 0 Å². The fourth-order valence-electron chi connectivity index (χ4n) is 1.49. The van der Waals surface area contributed by atoms with Gasteiger partial charge in [-0.05, 0) is 51.8 Å². The van der Waals surface area contributed by atoms with E-state index in [1.165, 1.54) is 5.56 Å². The summed E-state index contributed by atoms with van der Waals surface area (Å²) in [4.78, 5) is 0. The largest absolute Gasteiger partial charge is 0.491 e. The van der Waals surface area contributed by atoms with Crippen LogP contribution >= 0.6 is 0 Å². The first-order chi connectivity index (χ1) is 8.34. The van der Waals surface area contributed by atoms with Gasteiger partial charge in [0.15, 0.2) is 0 Å². The van der Waals surface area contributed by atoms with E-state index in [4.69, 9.17) is 4.74 Å². The molecule has 0 saturated carbocycles. The van der Waals surface area contributed by atoms with Gasteiger partial charge in [-0.15, -0.1) is 0 Å². The van der Waals surface area contributed by atoms with Crippen molar-refractivity contribution in [2.45, 2.75) is 52.7 Å². The lowest BCUT2D eigenvalue weighted by Crippen LogP contribution is -2.39. The second-order valence-corrected chi connectivity index (χ2v) is 5.37. The standard InChI is InChI=1S/C15H25NO2/c1-6-9-18-14-10-11(2)7-8-13(14)16-12(3)15(4,5)17/h7-8,10,12,16-17H,6,9H2,1-5H3. The quantitative estimate of drug-likeness (QED) is 0.814. The number of anilines is 1. The van der Waals surface area contributed by atoms with Crippen LogP contribution in [0, 0.1) is 6.92 Å². The van der Waals surface area contributed by atoms with Crippen LogP contribution in [0.1, 0.15) is 39.7 Å². The summed E-state index contributed by atoms with van der Waals surface area (Å²) in [5.74, 6) is 0.855. The van der Waals surface area contributed by atoms with Gasteiger partial charge in [0.05, 0.1) is 23.9 Å². The van der Waals surface area contributed by atoms with E-state index < -0.39 is 5.60 Å². The van der Waals surface area contributed by atoms with Gasteiger partial charge >= 0.3 is 0 Å². The number of aryl methyl sites for hydroxylation is 1. The molecule has 0 heterocycles. The molecule has 0 radical (unpaired) electrons. The number of benzene rings is 1. The zero-order chi connectivity index (χ0) is 13.8. The summed E-state index contributed by atoms with van der Waals surface area (Å²) in [6.07, 6.45) is 0.981. The Morgan fingerprint density at radius 3 is 2.61 bits per heavy atom. The highest BCUT2D eigenvalue weighted by molar-refractivity contribution is 5.58. The van der Waals surface area contributed by atoms with Gasteiger partial charge < -0.3 is 15.2 Å². The monoisotopic (exact) mass is 251 g/mol. The highest BCUT2D eigenvalue weighted by Gasteiger charge is 2.22. The van der Waals surface area contributed by atoms with Crippen molar-refractivity contribution in [2.75, 3.05) is 11.9 Å². The van der Waals surface area contributed by atoms with Gasteiger partial charge in [0.25, 0.3) is 0 Å². The third-order valence-electron chi connectivity index (χ3n) is 3.03. The Bertz CT molecular complexity index is 383. The molecule has 1 rings (SSSR count). The first-order valence-corrected chi connectivity index (χ1v) is 6.57. The molecule has 2 N–H and O–H groups in total. The molecule has 0 aliphatic rings. The lowest BCUT2D eigenvalue weighted by molar-refractivity contribution is 0.0648. The van der Waals surface area contributed by atoms with Gasteiger partial charge in [0, 0.05) is 0 Å². The van der Waals surface area contributed by atoms with Crippen LogP contribution in [0.25, 0.3) is 0 Å². The zero-order valence-electron chi connectivity index (χ0n) is 12.1. The van der Waals surface area contributed by atoms with Crippen LogP contribution in [0.5, 0.6) is 5.75 Å². The third-order valence-corrected chi connectivity index (χ3v) is 3.03. The van der Waals surface area contributed by atoms with Crippen molar-refractivity contribution in [1.29, 1.82) is 0 Å². The fraction of sp³-hybridized carbons (Fsp3) is 0.600. The summed E-state index contributed by atoms with van der Waals surface area (Å²) in [6.45, 7) is 10.4. The molecule has 3 nitrogen and oxygen atoms in total. The van der Waals surface area contributed by atoms with E-state index in [-0.39, 0.29) is 6.04 Å². The van der Waals surface area contributed by atoms with Crippen molar-refractivity contribution < 1.29 is 9.84 Å². The molecule has 0 amide bonds. The average Bonchev–Trinajstić information content (AvgIpc) is 2.28. The summed E-state index contributed by atoms with van der Waals surface area (Å²) < 4.78 is 5.74.